The van der Waals surface area contributed by atoms with Crippen molar-refractivity contribution >= 4 is 21.5 Å². The lowest BCUT2D eigenvalue weighted by Gasteiger charge is -2.26. The number of sulfonamides is 1. The molecule has 39 heavy (non-hydrogen) atoms. The van der Waals surface area contributed by atoms with Crippen LogP contribution in [0.25, 0.3) is 0 Å². The molecule has 0 aliphatic heterocycles. The summed E-state index contributed by atoms with van der Waals surface area (Å²) >= 11 is 0. The number of hydrogen-bond acceptors (Lipinski definition) is 6. The summed E-state index contributed by atoms with van der Waals surface area (Å²) in [6.45, 7) is 2.03. The smallest absolute Gasteiger partial charge is 0.265 e. The highest BCUT2D eigenvalue weighted by molar-refractivity contribution is 7.89. The quantitative estimate of drug-likeness (QED) is 0.176. The molecule has 0 unspecified atom stereocenters. The third kappa shape index (κ3) is 6.59. The Labute approximate surface area is 230 Å². The van der Waals surface area contributed by atoms with E-state index in [1.165, 1.54) is 25.6 Å². The van der Waals surface area contributed by atoms with Crippen LogP contribution in [0.2, 0.25) is 0 Å². The van der Waals surface area contributed by atoms with Crippen LogP contribution in [0.3, 0.4) is 0 Å². The molecule has 202 valence electrons. The molecule has 7 nitrogen and oxygen atoms in total. The van der Waals surface area contributed by atoms with Crippen LogP contribution >= 0.6 is 0 Å². The summed E-state index contributed by atoms with van der Waals surface area (Å²) in [5.41, 5.74) is 3.19. The second-order valence-electron chi connectivity index (χ2n) is 8.88. The molecule has 0 bridgehead atoms. The SMILES string of the molecule is COc1cc(N=C(Cc2ccccc2)N(Cc2ccccc2)S(=O)(=O)c2ccc(C)cc2)cc(OC)c1OC. The van der Waals surface area contributed by atoms with Gasteiger partial charge in [-0.2, -0.15) is 0 Å². The number of ether oxygens (including phenoxy) is 3. The molecular formula is C31H32N2O5S. The Kier molecular flexibility index (Phi) is 8.88. The molecule has 0 aliphatic carbocycles. The van der Waals surface area contributed by atoms with E-state index in [-0.39, 0.29) is 17.9 Å². The fourth-order valence-corrected chi connectivity index (χ4v) is 5.58. The lowest BCUT2D eigenvalue weighted by atomic mass is 10.1. The van der Waals surface area contributed by atoms with E-state index in [1.54, 1.807) is 36.4 Å². The lowest BCUT2D eigenvalue weighted by Crippen LogP contribution is -2.37. The van der Waals surface area contributed by atoms with Gasteiger partial charge in [-0.3, -0.25) is 0 Å². The van der Waals surface area contributed by atoms with Gasteiger partial charge in [0.2, 0.25) is 5.75 Å². The zero-order valence-electron chi connectivity index (χ0n) is 22.5. The van der Waals surface area contributed by atoms with Crippen LogP contribution in [-0.4, -0.2) is 39.9 Å². The number of aryl methyl sites for hydroxylation is 1. The summed E-state index contributed by atoms with van der Waals surface area (Å²) in [7, 11) is 0.597. The Morgan fingerprint density at radius 2 is 1.28 bits per heavy atom. The molecule has 8 heteroatoms. The lowest BCUT2D eigenvalue weighted by molar-refractivity contribution is 0.324. The van der Waals surface area contributed by atoms with Gasteiger partial charge >= 0.3 is 0 Å². The number of benzene rings is 4. The van der Waals surface area contributed by atoms with Crippen molar-refractivity contribution < 1.29 is 22.6 Å². The third-order valence-corrected chi connectivity index (χ3v) is 7.97. The van der Waals surface area contributed by atoms with Crippen LogP contribution in [0, 0.1) is 6.92 Å². The summed E-state index contributed by atoms with van der Waals surface area (Å²) in [4.78, 5) is 5.09. The van der Waals surface area contributed by atoms with Gasteiger partial charge in [0, 0.05) is 18.6 Å². The third-order valence-electron chi connectivity index (χ3n) is 6.18. The Bertz CT molecular complexity index is 1500. The molecule has 4 aromatic carbocycles. The Balaban J connectivity index is 1.92. The maximum absolute atomic E-state index is 14.2. The average Bonchev–Trinajstić information content (AvgIpc) is 2.96. The molecule has 4 rings (SSSR count). The minimum Gasteiger partial charge on any atom is -0.493 e. The predicted octanol–water partition coefficient (Wildman–Crippen LogP) is 6.18. The fraction of sp³-hybridized carbons (Fsp3) is 0.194. The highest BCUT2D eigenvalue weighted by Gasteiger charge is 2.29. The van der Waals surface area contributed by atoms with Crippen molar-refractivity contribution in [3.8, 4) is 17.2 Å². The van der Waals surface area contributed by atoms with E-state index in [0.29, 0.717) is 28.8 Å². The second kappa shape index (κ2) is 12.5. The summed E-state index contributed by atoms with van der Waals surface area (Å²) in [5, 5.41) is 0. The van der Waals surface area contributed by atoms with Gasteiger partial charge in [0.05, 0.1) is 38.5 Å². The van der Waals surface area contributed by atoms with Gasteiger partial charge in [-0.05, 0) is 30.2 Å². The number of hydrogen-bond donors (Lipinski definition) is 0. The topological polar surface area (TPSA) is 77.4 Å². The van der Waals surface area contributed by atoms with Crippen molar-refractivity contribution in [3.05, 3.63) is 114 Å². The molecule has 0 radical (unpaired) electrons. The van der Waals surface area contributed by atoms with E-state index < -0.39 is 10.0 Å². The summed E-state index contributed by atoms with van der Waals surface area (Å²) in [6.07, 6.45) is 0.273. The molecule has 0 heterocycles. The first-order valence-corrected chi connectivity index (χ1v) is 13.8. The van der Waals surface area contributed by atoms with Gasteiger partial charge in [-0.15, -0.1) is 0 Å². The van der Waals surface area contributed by atoms with Crippen molar-refractivity contribution in [3.63, 3.8) is 0 Å². The number of rotatable bonds is 10. The number of aliphatic imine (C=N–C) groups is 1. The molecule has 0 spiro atoms. The normalized spacial score (nSPS) is 11.6. The minimum atomic E-state index is -3.98. The second-order valence-corrected chi connectivity index (χ2v) is 10.7. The molecule has 0 aromatic heterocycles. The van der Waals surface area contributed by atoms with Crippen LogP contribution in [0.1, 0.15) is 16.7 Å². The molecule has 0 saturated carbocycles. The molecule has 0 fully saturated rings. The van der Waals surface area contributed by atoms with Gasteiger partial charge in [0.25, 0.3) is 10.0 Å². The van der Waals surface area contributed by atoms with E-state index in [4.69, 9.17) is 19.2 Å². The van der Waals surface area contributed by atoms with Crippen LogP contribution in [0.5, 0.6) is 17.2 Å². The number of amidine groups is 1. The molecule has 0 aliphatic rings. The van der Waals surface area contributed by atoms with Crippen LogP contribution in [0.4, 0.5) is 5.69 Å². The van der Waals surface area contributed by atoms with E-state index in [0.717, 1.165) is 16.7 Å². The fourth-order valence-electron chi connectivity index (χ4n) is 4.14. The maximum atomic E-state index is 14.2. The molecular weight excluding hydrogens is 512 g/mol. The van der Waals surface area contributed by atoms with E-state index in [9.17, 15) is 8.42 Å². The first-order chi connectivity index (χ1) is 18.8. The van der Waals surface area contributed by atoms with Crippen molar-refractivity contribution in [1.29, 1.82) is 0 Å². The molecule has 0 saturated heterocycles. The van der Waals surface area contributed by atoms with Crippen LogP contribution in [-0.2, 0) is 23.0 Å². The summed E-state index contributed by atoms with van der Waals surface area (Å²) in [5.74, 6) is 1.62. The van der Waals surface area contributed by atoms with Crippen molar-refractivity contribution in [2.75, 3.05) is 21.3 Å². The molecule has 4 aromatic rings. The zero-order valence-corrected chi connectivity index (χ0v) is 23.3. The van der Waals surface area contributed by atoms with Gasteiger partial charge in [0.1, 0.15) is 5.84 Å². The zero-order chi connectivity index (χ0) is 27.8. The minimum absolute atomic E-state index is 0.104. The first-order valence-electron chi connectivity index (χ1n) is 12.4. The summed E-state index contributed by atoms with van der Waals surface area (Å²) in [6, 6.07) is 29.4. The molecule has 0 N–H and O–H groups in total. The van der Waals surface area contributed by atoms with Crippen LogP contribution < -0.4 is 14.2 Å². The summed E-state index contributed by atoms with van der Waals surface area (Å²) < 4.78 is 46.3. The van der Waals surface area contributed by atoms with Crippen molar-refractivity contribution in [2.24, 2.45) is 4.99 Å². The van der Waals surface area contributed by atoms with E-state index in [1.807, 2.05) is 67.6 Å². The molecule has 0 atom stereocenters. The Morgan fingerprint density at radius 1 is 0.744 bits per heavy atom. The highest BCUT2D eigenvalue weighted by atomic mass is 32.2. The van der Waals surface area contributed by atoms with Crippen molar-refractivity contribution in [2.45, 2.75) is 24.8 Å². The monoisotopic (exact) mass is 544 g/mol. The van der Waals surface area contributed by atoms with E-state index in [2.05, 4.69) is 0 Å². The van der Waals surface area contributed by atoms with Gasteiger partial charge in [-0.25, -0.2) is 17.7 Å². The standard InChI is InChI=1S/C31H32N2O5S/c1-23-15-17-27(18-16-23)39(34,35)33(22-25-13-9-6-10-14-25)30(19-24-11-7-5-8-12-24)32-26-20-28(36-2)31(38-4)29(21-26)37-3/h5-18,20-21H,19,22H2,1-4H3. The largest absolute Gasteiger partial charge is 0.493 e. The van der Waals surface area contributed by atoms with Crippen LogP contribution in [0.15, 0.2) is 107 Å². The van der Waals surface area contributed by atoms with Gasteiger partial charge < -0.3 is 14.2 Å². The highest BCUT2D eigenvalue weighted by Crippen LogP contribution is 2.41. The number of nitrogens with zero attached hydrogens (tertiary/aromatic N) is 2. The Morgan fingerprint density at radius 3 is 1.79 bits per heavy atom. The van der Waals surface area contributed by atoms with Gasteiger partial charge in [0.15, 0.2) is 11.5 Å². The number of methoxy groups -OCH3 is 3. The Hall–Kier alpha value is -4.30. The van der Waals surface area contributed by atoms with Crippen molar-refractivity contribution in [1.82, 2.24) is 4.31 Å². The van der Waals surface area contributed by atoms with E-state index >= 15 is 0 Å². The first kappa shape index (κ1) is 27.7. The van der Waals surface area contributed by atoms with Gasteiger partial charge in [-0.1, -0.05) is 78.4 Å². The maximum Gasteiger partial charge on any atom is 0.265 e. The molecule has 0 amide bonds. The predicted molar refractivity (Wildman–Crippen MR) is 154 cm³/mol. The average molecular weight is 545 g/mol.